The van der Waals surface area contributed by atoms with Gasteiger partial charge < -0.3 is 10.2 Å². The average molecular weight is 293 g/mol. The first-order valence-corrected chi connectivity index (χ1v) is 7.51. The lowest BCUT2D eigenvalue weighted by Crippen LogP contribution is -2.25. The van der Waals surface area contributed by atoms with E-state index in [2.05, 4.69) is 34.3 Å². The second-order valence-corrected chi connectivity index (χ2v) is 5.05. The van der Waals surface area contributed by atoms with Gasteiger partial charge in [0.2, 0.25) is 0 Å². The largest absolute Gasteiger partial charge is 0.368 e. The van der Waals surface area contributed by atoms with Crippen LogP contribution in [0.3, 0.4) is 0 Å². The van der Waals surface area contributed by atoms with Crippen molar-refractivity contribution in [3.05, 3.63) is 29.4 Å². The minimum absolute atomic E-state index is 0.453. The second-order valence-electron chi connectivity index (χ2n) is 4.69. The standard InChI is InChI=1S/C15H21ClN4/c1-3-20(4-2)11-7-10-17-15-13-9-6-5-8-12(13)14(16)18-19-15/h5-6,8-9H,3-4,7,10-11H2,1-2H3,(H,17,19). The monoisotopic (exact) mass is 292 g/mol. The van der Waals surface area contributed by atoms with E-state index in [9.17, 15) is 0 Å². The van der Waals surface area contributed by atoms with Gasteiger partial charge in [0.15, 0.2) is 11.0 Å². The van der Waals surface area contributed by atoms with E-state index in [0.717, 1.165) is 49.2 Å². The van der Waals surface area contributed by atoms with Crippen LogP contribution in [0.1, 0.15) is 20.3 Å². The van der Waals surface area contributed by atoms with E-state index in [4.69, 9.17) is 11.6 Å². The maximum Gasteiger partial charge on any atom is 0.159 e. The summed E-state index contributed by atoms with van der Waals surface area (Å²) in [6.07, 6.45) is 1.08. The van der Waals surface area contributed by atoms with Gasteiger partial charge in [0.25, 0.3) is 0 Å². The zero-order valence-corrected chi connectivity index (χ0v) is 12.8. The first-order valence-electron chi connectivity index (χ1n) is 7.13. The van der Waals surface area contributed by atoms with E-state index in [-0.39, 0.29) is 0 Å². The van der Waals surface area contributed by atoms with Gasteiger partial charge in [-0.25, -0.2) is 0 Å². The third-order valence-electron chi connectivity index (χ3n) is 3.48. The Morgan fingerprint density at radius 2 is 1.80 bits per heavy atom. The number of hydrogen-bond donors (Lipinski definition) is 1. The van der Waals surface area contributed by atoms with Gasteiger partial charge in [-0.3, -0.25) is 0 Å². The molecule has 0 saturated heterocycles. The summed E-state index contributed by atoms with van der Waals surface area (Å²) in [6, 6.07) is 7.93. The van der Waals surface area contributed by atoms with Gasteiger partial charge in [0.1, 0.15) is 0 Å². The molecule has 0 unspecified atom stereocenters. The Labute approximate surface area is 125 Å². The summed E-state index contributed by atoms with van der Waals surface area (Å²) in [6.45, 7) is 8.56. The molecule has 5 heteroatoms. The fraction of sp³-hybridized carbons (Fsp3) is 0.467. The fourth-order valence-corrected chi connectivity index (χ4v) is 2.45. The van der Waals surface area contributed by atoms with Crippen molar-refractivity contribution in [2.75, 3.05) is 31.5 Å². The summed E-state index contributed by atoms with van der Waals surface area (Å²) in [4.78, 5) is 2.41. The van der Waals surface area contributed by atoms with E-state index in [0.29, 0.717) is 5.15 Å². The molecule has 0 bridgehead atoms. The molecule has 0 aliphatic carbocycles. The maximum atomic E-state index is 6.06. The van der Waals surface area contributed by atoms with Crippen LogP contribution < -0.4 is 5.32 Å². The van der Waals surface area contributed by atoms with E-state index < -0.39 is 0 Å². The molecule has 20 heavy (non-hydrogen) atoms. The van der Waals surface area contributed by atoms with Gasteiger partial charge in [-0.2, -0.15) is 0 Å². The van der Waals surface area contributed by atoms with Crippen molar-refractivity contribution < 1.29 is 0 Å². The van der Waals surface area contributed by atoms with Crippen molar-refractivity contribution >= 4 is 28.2 Å². The molecule has 108 valence electrons. The molecule has 0 amide bonds. The molecule has 0 atom stereocenters. The van der Waals surface area contributed by atoms with Crippen LogP contribution in [0.4, 0.5) is 5.82 Å². The van der Waals surface area contributed by atoms with E-state index in [1.165, 1.54) is 0 Å². The smallest absolute Gasteiger partial charge is 0.159 e. The van der Waals surface area contributed by atoms with Crippen LogP contribution in [0.5, 0.6) is 0 Å². The SMILES string of the molecule is CCN(CC)CCCNc1nnc(Cl)c2ccccc12. The number of nitrogens with one attached hydrogen (secondary N) is 1. The minimum atomic E-state index is 0.453. The third kappa shape index (κ3) is 3.58. The van der Waals surface area contributed by atoms with Gasteiger partial charge >= 0.3 is 0 Å². The molecular formula is C15H21ClN4. The van der Waals surface area contributed by atoms with Crippen molar-refractivity contribution in [2.45, 2.75) is 20.3 Å². The van der Waals surface area contributed by atoms with Crippen LogP contribution in [0.15, 0.2) is 24.3 Å². The van der Waals surface area contributed by atoms with Crippen LogP contribution in [0.2, 0.25) is 5.15 Å². The summed E-state index contributed by atoms with van der Waals surface area (Å²) < 4.78 is 0. The Bertz CT molecular complexity index is 555. The van der Waals surface area contributed by atoms with Gasteiger partial charge in [0, 0.05) is 17.3 Å². The lowest BCUT2D eigenvalue weighted by atomic mass is 10.2. The molecular weight excluding hydrogens is 272 g/mol. The third-order valence-corrected chi connectivity index (χ3v) is 3.76. The van der Waals surface area contributed by atoms with Crippen LogP contribution in [-0.4, -0.2) is 41.3 Å². The van der Waals surface area contributed by atoms with Crippen LogP contribution >= 0.6 is 11.6 Å². The molecule has 0 radical (unpaired) electrons. The Balaban J connectivity index is 1.98. The van der Waals surface area contributed by atoms with Crippen LogP contribution in [0, 0.1) is 0 Å². The van der Waals surface area contributed by atoms with Gasteiger partial charge in [0.05, 0.1) is 0 Å². The first kappa shape index (κ1) is 15.0. The van der Waals surface area contributed by atoms with Crippen molar-refractivity contribution in [2.24, 2.45) is 0 Å². The molecule has 1 aromatic carbocycles. The minimum Gasteiger partial charge on any atom is -0.368 e. The highest BCUT2D eigenvalue weighted by atomic mass is 35.5. The molecule has 0 spiro atoms. The highest BCUT2D eigenvalue weighted by Gasteiger charge is 2.06. The normalized spacial score (nSPS) is 11.2. The summed E-state index contributed by atoms with van der Waals surface area (Å²) in [5.74, 6) is 0.810. The van der Waals surface area contributed by atoms with E-state index >= 15 is 0 Å². The molecule has 0 aliphatic rings. The number of rotatable bonds is 7. The Hall–Kier alpha value is -1.39. The summed E-state index contributed by atoms with van der Waals surface area (Å²) in [5.41, 5.74) is 0. The fourth-order valence-electron chi connectivity index (χ4n) is 2.25. The quantitative estimate of drug-likeness (QED) is 0.794. The maximum absolute atomic E-state index is 6.06. The predicted molar refractivity (Wildman–Crippen MR) is 85.4 cm³/mol. The van der Waals surface area contributed by atoms with E-state index in [1.807, 2.05) is 24.3 Å². The Morgan fingerprint density at radius 3 is 2.50 bits per heavy atom. The molecule has 2 rings (SSSR count). The number of fused-ring (bicyclic) bond motifs is 1. The van der Waals surface area contributed by atoms with Crippen LogP contribution in [-0.2, 0) is 0 Å². The molecule has 0 aliphatic heterocycles. The van der Waals surface area contributed by atoms with Crippen molar-refractivity contribution in [3.63, 3.8) is 0 Å². The highest BCUT2D eigenvalue weighted by molar-refractivity contribution is 6.34. The second kappa shape index (κ2) is 7.41. The highest BCUT2D eigenvalue weighted by Crippen LogP contribution is 2.25. The van der Waals surface area contributed by atoms with Crippen molar-refractivity contribution in [1.29, 1.82) is 0 Å². The average Bonchev–Trinajstić information content (AvgIpc) is 2.50. The Morgan fingerprint density at radius 1 is 1.10 bits per heavy atom. The van der Waals surface area contributed by atoms with Crippen molar-refractivity contribution in [1.82, 2.24) is 15.1 Å². The first-order chi connectivity index (χ1) is 9.76. The molecule has 2 aromatic rings. The zero-order chi connectivity index (χ0) is 14.4. The molecule has 1 N–H and O–H groups in total. The zero-order valence-electron chi connectivity index (χ0n) is 12.1. The summed E-state index contributed by atoms with van der Waals surface area (Å²) in [7, 11) is 0. The van der Waals surface area contributed by atoms with Gasteiger partial charge in [-0.15, -0.1) is 10.2 Å². The Kier molecular flexibility index (Phi) is 5.56. The van der Waals surface area contributed by atoms with E-state index in [1.54, 1.807) is 0 Å². The summed E-state index contributed by atoms with van der Waals surface area (Å²) >= 11 is 6.06. The van der Waals surface area contributed by atoms with Gasteiger partial charge in [-0.1, -0.05) is 49.7 Å². The molecule has 1 heterocycles. The number of nitrogens with zero attached hydrogens (tertiary/aromatic N) is 3. The topological polar surface area (TPSA) is 41.0 Å². The lowest BCUT2D eigenvalue weighted by molar-refractivity contribution is 0.303. The molecule has 0 fully saturated rings. The number of anilines is 1. The molecule has 4 nitrogen and oxygen atoms in total. The number of hydrogen-bond acceptors (Lipinski definition) is 4. The predicted octanol–water partition coefficient (Wildman–Crippen LogP) is 3.43. The number of benzene rings is 1. The van der Waals surface area contributed by atoms with Crippen molar-refractivity contribution in [3.8, 4) is 0 Å². The molecule has 1 aromatic heterocycles. The number of halogens is 1. The van der Waals surface area contributed by atoms with Crippen LogP contribution in [0.25, 0.3) is 10.8 Å². The summed E-state index contributed by atoms with van der Waals surface area (Å²) in [5, 5.41) is 13.9. The van der Waals surface area contributed by atoms with Gasteiger partial charge in [-0.05, 0) is 26.1 Å². The number of aromatic nitrogens is 2. The lowest BCUT2D eigenvalue weighted by Gasteiger charge is -2.17. The molecule has 0 saturated carbocycles.